The fraction of sp³-hybridized carbons (Fsp3) is 0.263. The number of ether oxygens (including phenoxy) is 3. The van der Waals surface area contributed by atoms with Gasteiger partial charge in [-0.25, -0.2) is 5.43 Å². The minimum absolute atomic E-state index is 0.0173. The average Bonchev–Trinajstić information content (AvgIpc) is 2.69. The lowest BCUT2D eigenvalue weighted by Gasteiger charge is -2.11. The maximum absolute atomic E-state index is 12.0. The summed E-state index contributed by atoms with van der Waals surface area (Å²) >= 11 is 6.65. The number of amides is 1. The van der Waals surface area contributed by atoms with Gasteiger partial charge in [0.2, 0.25) is 0 Å². The second-order valence-corrected chi connectivity index (χ2v) is 6.92. The summed E-state index contributed by atoms with van der Waals surface area (Å²) in [7, 11) is 0. The molecule has 9 heteroatoms. The number of rotatable bonds is 9. The number of hydrogen-bond acceptors (Lipinski definition) is 6. The summed E-state index contributed by atoms with van der Waals surface area (Å²) in [5.41, 5.74) is 3.00. The maximum atomic E-state index is 12.0. The van der Waals surface area contributed by atoms with Crippen molar-refractivity contribution in [1.82, 2.24) is 5.43 Å². The van der Waals surface area contributed by atoms with Gasteiger partial charge in [0.1, 0.15) is 0 Å². The van der Waals surface area contributed by atoms with Gasteiger partial charge in [0.25, 0.3) is 5.91 Å². The molecular weight excluding hydrogens is 496 g/mol. The number of hydrogen-bond donors (Lipinski definition) is 2. The molecule has 0 unspecified atom stereocenters. The lowest BCUT2D eigenvalue weighted by atomic mass is 10.2. The predicted molar refractivity (Wildman–Crippen MR) is 114 cm³/mol. The molecule has 0 atom stereocenters. The van der Waals surface area contributed by atoms with E-state index in [1.54, 1.807) is 24.3 Å². The van der Waals surface area contributed by atoms with Crippen molar-refractivity contribution in [3.8, 4) is 23.0 Å². The van der Waals surface area contributed by atoms with Gasteiger partial charge in [-0.3, -0.25) is 4.79 Å². The van der Waals surface area contributed by atoms with Gasteiger partial charge in [-0.2, -0.15) is 5.10 Å². The smallest absolute Gasteiger partial charge is 0.277 e. The summed E-state index contributed by atoms with van der Waals surface area (Å²) in [4.78, 5) is 12.0. The lowest BCUT2D eigenvalue weighted by molar-refractivity contribution is -0.123. The van der Waals surface area contributed by atoms with E-state index in [0.29, 0.717) is 45.0 Å². The number of carbonyl (C=O) groups excluding carboxylic acids is 1. The Kier molecular flexibility index (Phi) is 8.59. The van der Waals surface area contributed by atoms with Gasteiger partial charge in [-0.15, -0.1) is 0 Å². The highest BCUT2D eigenvalue weighted by Gasteiger charge is 2.14. The molecule has 2 rings (SSSR count). The molecule has 0 radical (unpaired) electrons. The third-order valence-corrected chi connectivity index (χ3v) is 5.53. The minimum atomic E-state index is -0.429. The first kappa shape index (κ1) is 22.0. The van der Waals surface area contributed by atoms with Crippen LogP contribution in [0.4, 0.5) is 0 Å². The molecule has 1 amide bonds. The highest BCUT2D eigenvalue weighted by Crippen LogP contribution is 2.41. The number of phenolic OH excluding ortho intramolecular Hbond substituents is 1. The predicted octanol–water partition coefficient (Wildman–Crippen LogP) is 4.24. The number of para-hydroxylation sites is 2. The number of hydrazone groups is 1. The standard InChI is InChI=1S/C19H20Br2N2O5/c1-3-26-13-7-5-6-8-14(13)28-11-16(24)23-22-10-12-9-15(27-4-2)19(25)18(21)17(12)20/h5-10,25H,3-4,11H2,1-2H3,(H,23,24)/b22-10+. The lowest BCUT2D eigenvalue weighted by Crippen LogP contribution is -2.24. The van der Waals surface area contributed by atoms with Gasteiger partial charge in [-0.05, 0) is 63.9 Å². The Labute approximate surface area is 179 Å². The Morgan fingerprint density at radius 1 is 1.07 bits per heavy atom. The zero-order valence-electron chi connectivity index (χ0n) is 15.4. The van der Waals surface area contributed by atoms with Crippen molar-refractivity contribution in [3.63, 3.8) is 0 Å². The van der Waals surface area contributed by atoms with Crippen LogP contribution in [0, 0.1) is 0 Å². The van der Waals surface area contributed by atoms with Crippen molar-refractivity contribution < 1.29 is 24.1 Å². The molecule has 7 nitrogen and oxygen atoms in total. The van der Waals surface area contributed by atoms with E-state index in [0.717, 1.165) is 0 Å². The average molecular weight is 516 g/mol. The fourth-order valence-electron chi connectivity index (χ4n) is 2.16. The number of halogens is 2. The van der Waals surface area contributed by atoms with Gasteiger partial charge in [-0.1, -0.05) is 12.1 Å². The van der Waals surface area contributed by atoms with Crippen molar-refractivity contribution in [3.05, 3.63) is 44.8 Å². The molecule has 0 fully saturated rings. The number of benzene rings is 2. The third kappa shape index (κ3) is 5.87. The maximum Gasteiger partial charge on any atom is 0.277 e. The van der Waals surface area contributed by atoms with E-state index < -0.39 is 5.91 Å². The van der Waals surface area contributed by atoms with Gasteiger partial charge < -0.3 is 19.3 Å². The number of aromatic hydroxyl groups is 1. The van der Waals surface area contributed by atoms with Crippen LogP contribution in [0.1, 0.15) is 19.4 Å². The SMILES string of the molecule is CCOc1ccccc1OCC(=O)N/N=C/c1cc(OCC)c(O)c(Br)c1Br. The summed E-state index contributed by atoms with van der Waals surface area (Å²) in [6.07, 6.45) is 1.43. The zero-order valence-corrected chi connectivity index (χ0v) is 18.5. The molecule has 2 aromatic carbocycles. The Morgan fingerprint density at radius 2 is 1.68 bits per heavy atom. The molecule has 0 bridgehead atoms. The molecule has 0 saturated heterocycles. The van der Waals surface area contributed by atoms with Crippen LogP contribution in [-0.2, 0) is 4.79 Å². The van der Waals surface area contributed by atoms with Crippen LogP contribution in [0.5, 0.6) is 23.0 Å². The van der Waals surface area contributed by atoms with Gasteiger partial charge >= 0.3 is 0 Å². The third-order valence-electron chi connectivity index (χ3n) is 3.37. The monoisotopic (exact) mass is 514 g/mol. The fourth-order valence-corrected chi connectivity index (χ4v) is 2.99. The van der Waals surface area contributed by atoms with Gasteiger partial charge in [0, 0.05) is 10.0 Å². The van der Waals surface area contributed by atoms with E-state index in [9.17, 15) is 9.90 Å². The molecule has 2 aromatic rings. The summed E-state index contributed by atoms with van der Waals surface area (Å²) in [6, 6.07) is 8.72. The summed E-state index contributed by atoms with van der Waals surface area (Å²) in [5, 5.41) is 14.0. The van der Waals surface area contributed by atoms with Crippen LogP contribution in [-0.4, -0.2) is 37.0 Å². The van der Waals surface area contributed by atoms with E-state index in [1.807, 2.05) is 19.9 Å². The summed E-state index contributed by atoms with van der Waals surface area (Å²) < 4.78 is 17.3. The minimum Gasteiger partial charge on any atom is -0.503 e. The van der Waals surface area contributed by atoms with Crippen molar-refractivity contribution in [2.75, 3.05) is 19.8 Å². The quantitative estimate of drug-likeness (QED) is 0.385. The van der Waals surface area contributed by atoms with Crippen LogP contribution >= 0.6 is 31.9 Å². The molecule has 0 aliphatic rings. The van der Waals surface area contributed by atoms with Gasteiger partial charge in [0.15, 0.2) is 29.6 Å². The van der Waals surface area contributed by atoms with Crippen molar-refractivity contribution >= 4 is 44.0 Å². The molecule has 0 aromatic heterocycles. The molecule has 0 aliphatic heterocycles. The molecule has 2 N–H and O–H groups in total. The van der Waals surface area contributed by atoms with Crippen molar-refractivity contribution in [2.24, 2.45) is 5.10 Å². The number of carbonyl (C=O) groups is 1. The van der Waals surface area contributed by atoms with Crippen LogP contribution in [0.15, 0.2) is 44.4 Å². The molecule has 0 aliphatic carbocycles. The van der Waals surface area contributed by atoms with Crippen LogP contribution in [0.2, 0.25) is 0 Å². The molecule has 0 saturated carbocycles. The highest BCUT2D eigenvalue weighted by molar-refractivity contribution is 9.13. The topological polar surface area (TPSA) is 89.4 Å². The summed E-state index contributed by atoms with van der Waals surface area (Å²) in [6.45, 7) is 4.36. The van der Waals surface area contributed by atoms with Crippen molar-refractivity contribution in [1.29, 1.82) is 0 Å². The Balaban J connectivity index is 1.99. The second kappa shape index (κ2) is 10.9. The first-order valence-electron chi connectivity index (χ1n) is 8.48. The first-order valence-corrected chi connectivity index (χ1v) is 10.1. The Bertz CT molecular complexity index is 858. The Hall–Kier alpha value is -2.26. The molecule has 150 valence electrons. The van der Waals surface area contributed by atoms with E-state index >= 15 is 0 Å². The van der Waals surface area contributed by atoms with E-state index in [1.165, 1.54) is 6.21 Å². The largest absolute Gasteiger partial charge is 0.503 e. The molecule has 28 heavy (non-hydrogen) atoms. The Morgan fingerprint density at radius 3 is 2.32 bits per heavy atom. The van der Waals surface area contributed by atoms with E-state index in [4.69, 9.17) is 14.2 Å². The van der Waals surface area contributed by atoms with E-state index in [2.05, 4.69) is 42.4 Å². The molecule has 0 heterocycles. The molecule has 0 spiro atoms. The van der Waals surface area contributed by atoms with Gasteiger partial charge in [0.05, 0.1) is 23.9 Å². The number of nitrogens with one attached hydrogen (secondary N) is 1. The first-order chi connectivity index (χ1) is 13.5. The number of phenols is 1. The zero-order chi connectivity index (χ0) is 20.5. The molecular formula is C19H20Br2N2O5. The second-order valence-electron chi connectivity index (χ2n) is 5.34. The van der Waals surface area contributed by atoms with Crippen LogP contribution in [0.25, 0.3) is 0 Å². The van der Waals surface area contributed by atoms with Crippen LogP contribution in [0.3, 0.4) is 0 Å². The summed E-state index contributed by atoms with van der Waals surface area (Å²) in [5.74, 6) is 0.914. The van der Waals surface area contributed by atoms with Crippen LogP contribution < -0.4 is 19.6 Å². The van der Waals surface area contributed by atoms with Crippen molar-refractivity contribution in [2.45, 2.75) is 13.8 Å². The highest BCUT2D eigenvalue weighted by atomic mass is 79.9. The normalized spacial score (nSPS) is 10.7. The van der Waals surface area contributed by atoms with E-state index in [-0.39, 0.29) is 12.4 Å². The number of nitrogens with zero attached hydrogens (tertiary/aromatic N) is 1.